The Morgan fingerprint density at radius 3 is 2.13 bits per heavy atom. The van der Waals surface area contributed by atoms with E-state index in [0.29, 0.717) is 5.56 Å². The monoisotopic (exact) mass is 312 g/mol. The zero-order chi connectivity index (χ0) is 17.0. The second-order valence-corrected chi connectivity index (χ2v) is 5.92. The molecule has 120 valence electrons. The predicted octanol–water partition coefficient (Wildman–Crippen LogP) is 3.34. The molecule has 0 aliphatic rings. The molecule has 0 spiro atoms. The van der Waals surface area contributed by atoms with Gasteiger partial charge in [-0.2, -0.15) is 0 Å². The van der Waals surface area contributed by atoms with E-state index in [1.165, 1.54) is 0 Å². The molecule has 0 aromatic heterocycles. The number of hydrogen-bond acceptors (Lipinski definition) is 2. The van der Waals surface area contributed by atoms with Gasteiger partial charge in [0.1, 0.15) is 5.41 Å². The summed E-state index contributed by atoms with van der Waals surface area (Å²) < 4.78 is 0. The van der Waals surface area contributed by atoms with Crippen molar-refractivity contribution >= 4 is 11.9 Å². The van der Waals surface area contributed by atoms with Crippen molar-refractivity contribution in [3.63, 3.8) is 0 Å². The van der Waals surface area contributed by atoms with E-state index in [0.717, 1.165) is 16.7 Å². The van der Waals surface area contributed by atoms with Crippen LogP contribution in [0, 0.1) is 13.8 Å². The number of carbonyl (C=O) groups is 2. The summed E-state index contributed by atoms with van der Waals surface area (Å²) in [7, 11) is 0. The highest BCUT2D eigenvalue weighted by Crippen LogP contribution is 2.34. The van der Waals surface area contributed by atoms with Crippen molar-refractivity contribution in [3.8, 4) is 0 Å². The molecule has 0 amide bonds. The van der Waals surface area contributed by atoms with E-state index in [9.17, 15) is 19.8 Å². The summed E-state index contributed by atoms with van der Waals surface area (Å²) in [4.78, 5) is 23.5. The van der Waals surface area contributed by atoms with Gasteiger partial charge in [-0.15, -0.1) is 0 Å². The van der Waals surface area contributed by atoms with Crippen LogP contribution in [0.3, 0.4) is 0 Å². The van der Waals surface area contributed by atoms with Crippen molar-refractivity contribution in [1.82, 2.24) is 0 Å². The molecule has 2 rings (SSSR count). The minimum atomic E-state index is -1.48. The SMILES string of the molecule is Cc1ccc(C(CC(=O)O)(Cc2ccccc2)C(=O)O)cc1C. The molecule has 0 fully saturated rings. The maximum absolute atomic E-state index is 12.1. The van der Waals surface area contributed by atoms with Crippen LogP contribution in [0.2, 0.25) is 0 Å². The van der Waals surface area contributed by atoms with E-state index in [-0.39, 0.29) is 6.42 Å². The first kappa shape index (κ1) is 16.7. The Labute approximate surface area is 135 Å². The normalized spacial score (nSPS) is 13.3. The van der Waals surface area contributed by atoms with Gasteiger partial charge >= 0.3 is 11.9 Å². The van der Waals surface area contributed by atoms with Crippen LogP contribution in [-0.2, 0) is 21.4 Å². The zero-order valence-electron chi connectivity index (χ0n) is 13.2. The third-order valence-electron chi connectivity index (χ3n) is 4.27. The molecule has 0 heterocycles. The van der Waals surface area contributed by atoms with E-state index in [2.05, 4.69) is 0 Å². The number of carboxylic acid groups (broad SMARTS) is 2. The van der Waals surface area contributed by atoms with Crippen LogP contribution < -0.4 is 0 Å². The molecule has 0 aliphatic carbocycles. The largest absolute Gasteiger partial charge is 0.481 e. The Balaban J connectivity index is 2.58. The maximum atomic E-state index is 12.1. The fourth-order valence-corrected chi connectivity index (χ4v) is 2.78. The average molecular weight is 312 g/mol. The standard InChI is InChI=1S/C19H20O4/c1-13-8-9-16(10-14(13)2)19(18(22)23,12-17(20)21)11-15-6-4-3-5-7-15/h3-10H,11-12H2,1-2H3,(H,20,21)(H,22,23). The van der Waals surface area contributed by atoms with Crippen molar-refractivity contribution < 1.29 is 19.8 Å². The fraction of sp³-hybridized carbons (Fsp3) is 0.263. The minimum Gasteiger partial charge on any atom is -0.481 e. The number of carboxylic acids is 2. The van der Waals surface area contributed by atoms with Gasteiger partial charge in [0.05, 0.1) is 6.42 Å². The average Bonchev–Trinajstić information content (AvgIpc) is 2.49. The molecule has 0 bridgehead atoms. The molecule has 0 saturated carbocycles. The lowest BCUT2D eigenvalue weighted by molar-refractivity contribution is -0.150. The fourth-order valence-electron chi connectivity index (χ4n) is 2.78. The van der Waals surface area contributed by atoms with Crippen LogP contribution >= 0.6 is 0 Å². The Hall–Kier alpha value is -2.62. The summed E-state index contributed by atoms with van der Waals surface area (Å²) in [6.45, 7) is 3.84. The van der Waals surface area contributed by atoms with Gasteiger partial charge in [-0.1, -0.05) is 48.5 Å². The Bertz CT molecular complexity index is 721. The summed E-state index contributed by atoms with van der Waals surface area (Å²) in [5.41, 5.74) is 1.84. The number of aliphatic carboxylic acids is 2. The van der Waals surface area contributed by atoms with Gasteiger partial charge in [0.2, 0.25) is 0 Å². The third-order valence-corrected chi connectivity index (χ3v) is 4.27. The molecule has 2 N–H and O–H groups in total. The minimum absolute atomic E-state index is 0.137. The topological polar surface area (TPSA) is 74.6 Å². The predicted molar refractivity (Wildman–Crippen MR) is 87.6 cm³/mol. The number of aryl methyl sites for hydroxylation is 2. The zero-order valence-corrected chi connectivity index (χ0v) is 13.2. The van der Waals surface area contributed by atoms with Crippen LogP contribution in [0.5, 0.6) is 0 Å². The van der Waals surface area contributed by atoms with Gasteiger partial charge in [0.15, 0.2) is 0 Å². The quantitative estimate of drug-likeness (QED) is 0.858. The number of hydrogen-bond donors (Lipinski definition) is 2. The van der Waals surface area contributed by atoms with Crippen molar-refractivity contribution in [2.75, 3.05) is 0 Å². The maximum Gasteiger partial charge on any atom is 0.315 e. The molecule has 2 aromatic rings. The highest BCUT2D eigenvalue weighted by Gasteiger charge is 2.42. The molecule has 0 saturated heterocycles. The van der Waals surface area contributed by atoms with Gasteiger partial charge in [-0.05, 0) is 42.5 Å². The van der Waals surface area contributed by atoms with Crippen LogP contribution in [-0.4, -0.2) is 22.2 Å². The first-order valence-corrected chi connectivity index (χ1v) is 7.42. The van der Waals surface area contributed by atoms with Crippen LogP contribution in [0.15, 0.2) is 48.5 Å². The van der Waals surface area contributed by atoms with Gasteiger partial charge < -0.3 is 10.2 Å². The third kappa shape index (κ3) is 3.59. The van der Waals surface area contributed by atoms with Gasteiger partial charge in [0, 0.05) is 0 Å². The van der Waals surface area contributed by atoms with Crippen molar-refractivity contribution in [3.05, 3.63) is 70.8 Å². The lowest BCUT2D eigenvalue weighted by Crippen LogP contribution is -2.40. The number of benzene rings is 2. The number of rotatable bonds is 6. The van der Waals surface area contributed by atoms with Crippen molar-refractivity contribution in [2.45, 2.75) is 32.1 Å². The highest BCUT2D eigenvalue weighted by atomic mass is 16.4. The Morgan fingerprint density at radius 1 is 0.957 bits per heavy atom. The van der Waals surface area contributed by atoms with Gasteiger partial charge in [-0.25, -0.2) is 0 Å². The van der Waals surface area contributed by atoms with E-state index in [4.69, 9.17) is 0 Å². The van der Waals surface area contributed by atoms with E-state index < -0.39 is 23.8 Å². The summed E-state index contributed by atoms with van der Waals surface area (Å²) >= 11 is 0. The van der Waals surface area contributed by atoms with E-state index in [1.54, 1.807) is 12.1 Å². The lowest BCUT2D eigenvalue weighted by atomic mass is 9.72. The van der Waals surface area contributed by atoms with Crippen LogP contribution in [0.1, 0.15) is 28.7 Å². The van der Waals surface area contributed by atoms with Gasteiger partial charge in [-0.3, -0.25) is 9.59 Å². The summed E-state index contributed by atoms with van der Waals surface area (Å²) in [6.07, 6.45) is -0.322. The molecular weight excluding hydrogens is 292 g/mol. The summed E-state index contributed by atoms with van der Waals surface area (Å²) in [5, 5.41) is 19.2. The molecule has 23 heavy (non-hydrogen) atoms. The first-order valence-electron chi connectivity index (χ1n) is 7.42. The summed E-state index contributed by atoms with van der Waals surface area (Å²) in [5.74, 6) is -2.24. The van der Waals surface area contributed by atoms with Crippen LogP contribution in [0.4, 0.5) is 0 Å². The van der Waals surface area contributed by atoms with E-state index in [1.807, 2.05) is 50.2 Å². The lowest BCUT2D eigenvalue weighted by Gasteiger charge is -2.29. The molecule has 1 atom stereocenters. The second-order valence-electron chi connectivity index (χ2n) is 5.92. The molecule has 4 nitrogen and oxygen atoms in total. The highest BCUT2D eigenvalue weighted by molar-refractivity contribution is 5.87. The molecule has 0 radical (unpaired) electrons. The molecular formula is C19H20O4. The van der Waals surface area contributed by atoms with Crippen molar-refractivity contribution in [1.29, 1.82) is 0 Å². The molecule has 1 unspecified atom stereocenters. The first-order chi connectivity index (χ1) is 10.8. The molecule has 0 aliphatic heterocycles. The molecule has 4 heteroatoms. The smallest absolute Gasteiger partial charge is 0.315 e. The van der Waals surface area contributed by atoms with Gasteiger partial charge in [0.25, 0.3) is 0 Å². The van der Waals surface area contributed by atoms with Crippen LogP contribution in [0.25, 0.3) is 0 Å². The molecule has 2 aromatic carbocycles. The van der Waals surface area contributed by atoms with Crippen molar-refractivity contribution in [2.24, 2.45) is 0 Å². The van der Waals surface area contributed by atoms with E-state index >= 15 is 0 Å². The second kappa shape index (κ2) is 6.65. The Kier molecular flexibility index (Phi) is 4.84. The summed E-state index contributed by atoms with van der Waals surface area (Å²) in [6, 6.07) is 14.5. The Morgan fingerprint density at radius 2 is 1.61 bits per heavy atom.